The number of carbonyl (C=O) groups is 1. The van der Waals surface area contributed by atoms with Crippen molar-refractivity contribution < 1.29 is 18.7 Å². The molecule has 0 saturated carbocycles. The zero-order valence-corrected chi connectivity index (χ0v) is 20.0. The molecule has 3 N–H and O–H groups in total. The van der Waals surface area contributed by atoms with Crippen LogP contribution in [0, 0.1) is 5.82 Å². The number of hydrogen-bond acceptors (Lipinski definition) is 11. The van der Waals surface area contributed by atoms with Gasteiger partial charge < -0.3 is 25.0 Å². The Bertz CT molecular complexity index is 1190. The van der Waals surface area contributed by atoms with Crippen molar-refractivity contribution in [2.45, 2.75) is 19.3 Å². The molecule has 1 aromatic carbocycles. The van der Waals surface area contributed by atoms with Crippen LogP contribution >= 0.6 is 11.3 Å². The molecule has 0 bridgehead atoms. The number of aromatic nitrogens is 4. The third-order valence-corrected chi connectivity index (χ3v) is 5.82. The van der Waals surface area contributed by atoms with Crippen LogP contribution < -0.4 is 20.7 Å². The summed E-state index contributed by atoms with van der Waals surface area (Å²) in [4.78, 5) is 33.4. The van der Waals surface area contributed by atoms with Crippen LogP contribution in [0.2, 0.25) is 0 Å². The second-order valence-electron chi connectivity index (χ2n) is 7.88. The number of halogens is 1. The van der Waals surface area contributed by atoms with Gasteiger partial charge in [0.2, 0.25) is 5.95 Å². The maximum absolute atomic E-state index is 14.8. The van der Waals surface area contributed by atoms with Crippen molar-refractivity contribution in [1.29, 1.82) is 0 Å². The van der Waals surface area contributed by atoms with E-state index < -0.39 is 5.82 Å². The number of thiazole rings is 1. The highest BCUT2D eigenvalue weighted by atomic mass is 32.1. The van der Waals surface area contributed by atoms with Gasteiger partial charge in [-0.2, -0.15) is 15.0 Å². The molecule has 11 nitrogen and oxygen atoms in total. The van der Waals surface area contributed by atoms with Crippen molar-refractivity contribution in [2.24, 2.45) is 0 Å². The van der Waals surface area contributed by atoms with Gasteiger partial charge in [-0.15, -0.1) is 0 Å². The summed E-state index contributed by atoms with van der Waals surface area (Å²) in [7, 11) is 4.99. The highest BCUT2D eigenvalue weighted by molar-refractivity contribution is 7.18. The first-order valence-corrected chi connectivity index (χ1v) is 11.3. The van der Waals surface area contributed by atoms with Crippen molar-refractivity contribution in [3.8, 4) is 22.5 Å². The van der Waals surface area contributed by atoms with Gasteiger partial charge in [-0.1, -0.05) is 11.3 Å². The van der Waals surface area contributed by atoms with Gasteiger partial charge >= 0.3 is 6.01 Å². The average Bonchev–Trinajstić information content (AvgIpc) is 3.25. The first-order chi connectivity index (χ1) is 16.2. The summed E-state index contributed by atoms with van der Waals surface area (Å²) in [6.07, 6.45) is 1.27. The Morgan fingerprint density at radius 1 is 1.32 bits per heavy atom. The monoisotopic (exact) mass is 488 g/mol. The number of nitrogen functional groups attached to an aromatic ring is 1. The van der Waals surface area contributed by atoms with Crippen LogP contribution in [-0.4, -0.2) is 77.3 Å². The second-order valence-corrected chi connectivity index (χ2v) is 8.94. The number of carbonyl (C=O) groups excluding carboxylic acids is 1. The smallest absolute Gasteiger partial charge is 0.327 e. The SMILES string of the molecule is CNC1CN(c2nc(Oc3ccc(C(=O)N(C)C)cc3F)nc(-c3cnc(N)s3)n2)C[C@H](C)O1. The van der Waals surface area contributed by atoms with Crippen molar-refractivity contribution in [3.05, 3.63) is 35.8 Å². The predicted molar refractivity (Wildman–Crippen MR) is 125 cm³/mol. The Labute approximate surface area is 199 Å². The van der Waals surface area contributed by atoms with Crippen molar-refractivity contribution >= 4 is 28.3 Å². The van der Waals surface area contributed by atoms with Gasteiger partial charge in [0.1, 0.15) is 6.23 Å². The summed E-state index contributed by atoms with van der Waals surface area (Å²) in [5.74, 6) is -0.506. The molecule has 13 heteroatoms. The zero-order valence-electron chi connectivity index (χ0n) is 19.1. The predicted octanol–water partition coefficient (Wildman–Crippen LogP) is 1.98. The van der Waals surface area contributed by atoms with E-state index in [1.165, 1.54) is 28.4 Å². The summed E-state index contributed by atoms with van der Waals surface area (Å²) in [5.41, 5.74) is 5.98. The molecule has 1 amide bonds. The summed E-state index contributed by atoms with van der Waals surface area (Å²) in [5, 5.41) is 3.46. The molecule has 1 saturated heterocycles. The minimum atomic E-state index is -0.714. The second kappa shape index (κ2) is 9.83. The van der Waals surface area contributed by atoms with Gasteiger partial charge in [-0.25, -0.2) is 9.37 Å². The van der Waals surface area contributed by atoms with E-state index in [0.717, 1.165) is 6.07 Å². The summed E-state index contributed by atoms with van der Waals surface area (Å²) in [6.45, 7) is 2.98. The summed E-state index contributed by atoms with van der Waals surface area (Å²) >= 11 is 1.21. The van der Waals surface area contributed by atoms with E-state index in [0.29, 0.717) is 34.9 Å². The highest BCUT2D eigenvalue weighted by Crippen LogP contribution is 2.30. The quantitative estimate of drug-likeness (QED) is 0.531. The number of anilines is 2. The number of nitrogens with one attached hydrogen (secondary N) is 1. The molecule has 1 aliphatic heterocycles. The van der Waals surface area contributed by atoms with Gasteiger partial charge in [0.15, 0.2) is 22.5 Å². The van der Waals surface area contributed by atoms with E-state index >= 15 is 0 Å². The normalized spacial score (nSPS) is 18.1. The molecule has 0 spiro atoms. The fraction of sp³-hybridized carbons (Fsp3) is 0.381. The average molecular weight is 489 g/mol. The van der Waals surface area contributed by atoms with Crippen LogP contribution in [-0.2, 0) is 4.74 Å². The maximum atomic E-state index is 14.8. The van der Waals surface area contributed by atoms with Crippen LogP contribution in [0.15, 0.2) is 24.4 Å². The first-order valence-electron chi connectivity index (χ1n) is 10.5. The minimum Gasteiger partial charge on any atom is -0.421 e. The largest absolute Gasteiger partial charge is 0.421 e. The van der Waals surface area contributed by atoms with Crippen LogP contribution in [0.4, 0.5) is 15.5 Å². The molecular weight excluding hydrogens is 463 g/mol. The maximum Gasteiger partial charge on any atom is 0.327 e. The Morgan fingerprint density at radius 3 is 2.76 bits per heavy atom. The van der Waals surface area contributed by atoms with Gasteiger partial charge in [0.25, 0.3) is 5.91 Å². The standard InChI is InChI=1S/C21H25FN8O3S/c1-11-9-30(10-16(24-2)32-11)20-26-17(15-8-25-19(23)34-15)27-21(28-20)33-14-6-5-12(7-13(14)22)18(31)29(3)4/h5-8,11,16,24H,9-10H2,1-4H3,(H2,23,25)/t11-,16?/m0/s1. The molecule has 1 aliphatic rings. The molecular formula is C21H25FN8O3S. The number of nitrogens with two attached hydrogens (primary N) is 1. The van der Waals surface area contributed by atoms with Crippen LogP contribution in [0.3, 0.4) is 0 Å². The van der Waals surface area contributed by atoms with E-state index in [-0.39, 0.29) is 35.6 Å². The molecule has 3 heterocycles. The lowest BCUT2D eigenvalue weighted by Gasteiger charge is -2.36. The molecule has 34 heavy (non-hydrogen) atoms. The number of amides is 1. The number of rotatable bonds is 6. The Hall–Kier alpha value is -3.42. The minimum absolute atomic E-state index is 0.0749. The van der Waals surface area contributed by atoms with E-state index in [2.05, 4.69) is 25.3 Å². The van der Waals surface area contributed by atoms with Crippen LogP contribution in [0.5, 0.6) is 11.8 Å². The van der Waals surface area contributed by atoms with Crippen molar-refractivity contribution in [3.63, 3.8) is 0 Å². The summed E-state index contributed by atoms with van der Waals surface area (Å²) in [6, 6.07) is 3.87. The Morgan fingerprint density at radius 2 is 2.12 bits per heavy atom. The number of likely N-dealkylation sites (N-methyl/N-ethyl adjacent to an activating group) is 1. The van der Waals surface area contributed by atoms with Crippen LogP contribution in [0.1, 0.15) is 17.3 Å². The molecule has 180 valence electrons. The fourth-order valence-corrected chi connectivity index (χ4v) is 4.00. The molecule has 0 radical (unpaired) electrons. The molecule has 2 atom stereocenters. The molecule has 3 aromatic rings. The lowest BCUT2D eigenvalue weighted by atomic mass is 10.2. The van der Waals surface area contributed by atoms with Gasteiger partial charge in [0, 0.05) is 26.2 Å². The van der Waals surface area contributed by atoms with Gasteiger partial charge in [-0.05, 0) is 32.2 Å². The molecule has 1 fully saturated rings. The topological polar surface area (TPSA) is 132 Å². The van der Waals surface area contributed by atoms with Crippen LogP contribution in [0.25, 0.3) is 10.7 Å². The van der Waals surface area contributed by atoms with E-state index in [4.69, 9.17) is 15.2 Å². The number of nitrogens with zero attached hydrogens (tertiary/aromatic N) is 6. The number of morpholine rings is 1. The molecule has 1 unspecified atom stereocenters. The first kappa shape index (κ1) is 23.7. The third-order valence-electron chi connectivity index (χ3n) is 5.00. The van der Waals surface area contributed by atoms with Crippen molar-refractivity contribution in [2.75, 3.05) is 44.9 Å². The number of ether oxygens (including phenoxy) is 2. The van der Waals surface area contributed by atoms with Crippen molar-refractivity contribution in [1.82, 2.24) is 30.2 Å². The number of hydrogen-bond donors (Lipinski definition) is 2. The van der Waals surface area contributed by atoms with Gasteiger partial charge in [-0.3, -0.25) is 10.1 Å². The third kappa shape index (κ3) is 5.21. The molecule has 2 aromatic heterocycles. The van der Waals surface area contributed by atoms with E-state index in [9.17, 15) is 9.18 Å². The highest BCUT2D eigenvalue weighted by Gasteiger charge is 2.27. The lowest BCUT2D eigenvalue weighted by molar-refractivity contribution is -0.0301. The summed E-state index contributed by atoms with van der Waals surface area (Å²) < 4.78 is 26.3. The molecule has 4 rings (SSSR count). The van der Waals surface area contributed by atoms with Gasteiger partial charge in [0.05, 0.1) is 23.7 Å². The van der Waals surface area contributed by atoms with E-state index in [1.54, 1.807) is 20.3 Å². The zero-order chi connectivity index (χ0) is 24.4. The molecule has 0 aliphatic carbocycles. The Kier molecular flexibility index (Phi) is 6.86. The fourth-order valence-electron chi connectivity index (χ4n) is 3.38. The van der Waals surface area contributed by atoms with E-state index in [1.807, 2.05) is 18.9 Å². The lowest BCUT2D eigenvalue weighted by Crippen LogP contribution is -2.52. The number of benzene rings is 1. The Balaban J connectivity index is 1.69.